The summed E-state index contributed by atoms with van der Waals surface area (Å²) in [5.41, 5.74) is 11.9. The molecule has 0 aliphatic rings. The van der Waals surface area contributed by atoms with Crippen molar-refractivity contribution in [2.24, 2.45) is 0 Å². The summed E-state index contributed by atoms with van der Waals surface area (Å²) in [5.74, 6) is 0.579. The van der Waals surface area contributed by atoms with Crippen molar-refractivity contribution in [3.8, 4) is 33.7 Å². The number of hydrogen-bond acceptors (Lipinski definition) is 4. The van der Waals surface area contributed by atoms with Crippen LogP contribution in [0, 0.1) is 0 Å². The maximum absolute atomic E-state index is 6.62. The van der Waals surface area contributed by atoms with E-state index in [1.807, 2.05) is 36.4 Å². The molecule has 10 aromatic rings. The van der Waals surface area contributed by atoms with E-state index < -0.39 is 0 Å². The molecule has 0 bridgehead atoms. The fourth-order valence-corrected chi connectivity index (χ4v) is 7.30. The number of hydrogen-bond donors (Lipinski definition) is 0. The third-order valence-corrected chi connectivity index (χ3v) is 9.72. The topological polar surface area (TPSA) is 42.4 Å². The first-order valence-electron chi connectivity index (χ1n) is 17.1. The first kappa shape index (κ1) is 29.0. The van der Waals surface area contributed by atoms with E-state index in [2.05, 4.69) is 150 Å². The van der Waals surface area contributed by atoms with Gasteiger partial charge in [0.1, 0.15) is 16.7 Å². The molecule has 0 fully saturated rings. The van der Waals surface area contributed by atoms with Crippen LogP contribution >= 0.6 is 0 Å². The molecule has 0 saturated carbocycles. The minimum Gasteiger partial charge on any atom is -0.456 e. The van der Waals surface area contributed by atoms with Gasteiger partial charge >= 0.3 is 0 Å². The van der Waals surface area contributed by atoms with Crippen molar-refractivity contribution in [3.05, 3.63) is 182 Å². The molecule has 2 aromatic heterocycles. The molecular weight excluding hydrogens is 625 g/mol. The van der Waals surface area contributed by atoms with Crippen molar-refractivity contribution in [2.45, 2.75) is 0 Å². The Labute approximate surface area is 294 Å². The molecule has 0 atom stereocenters. The predicted molar refractivity (Wildman–Crippen MR) is 210 cm³/mol. The molecule has 2 heterocycles. The highest BCUT2D eigenvalue weighted by Gasteiger charge is 2.21. The van der Waals surface area contributed by atoms with Gasteiger partial charge in [0.25, 0.3) is 0 Å². The van der Waals surface area contributed by atoms with Gasteiger partial charge in [-0.2, -0.15) is 0 Å². The Morgan fingerprint density at radius 3 is 1.94 bits per heavy atom. The van der Waals surface area contributed by atoms with Crippen LogP contribution in [0.5, 0.6) is 0 Å². The van der Waals surface area contributed by atoms with Crippen molar-refractivity contribution >= 4 is 60.9 Å². The van der Waals surface area contributed by atoms with Crippen LogP contribution in [-0.4, -0.2) is 4.98 Å². The van der Waals surface area contributed by atoms with Crippen LogP contribution in [0.15, 0.2) is 191 Å². The molecule has 0 N–H and O–H groups in total. The van der Waals surface area contributed by atoms with Crippen LogP contribution in [0.4, 0.5) is 17.1 Å². The lowest BCUT2D eigenvalue weighted by molar-refractivity contribution is 0.620. The van der Waals surface area contributed by atoms with Gasteiger partial charge in [0.05, 0.1) is 5.69 Å². The molecule has 51 heavy (non-hydrogen) atoms. The first-order valence-corrected chi connectivity index (χ1v) is 17.1. The number of furan rings is 1. The molecule has 10 rings (SSSR count). The maximum atomic E-state index is 6.62. The highest BCUT2D eigenvalue weighted by Crippen LogP contribution is 2.44. The number of anilines is 3. The Balaban J connectivity index is 1.14. The van der Waals surface area contributed by atoms with E-state index in [1.165, 1.54) is 11.1 Å². The highest BCUT2D eigenvalue weighted by molar-refractivity contribution is 6.13. The van der Waals surface area contributed by atoms with Gasteiger partial charge in [-0.3, -0.25) is 0 Å². The van der Waals surface area contributed by atoms with Crippen molar-refractivity contribution in [1.82, 2.24) is 4.98 Å². The SMILES string of the molecule is c1ccc(-c2ccc(N(c3ccc4c(c3)oc3cccc(-c5nc6c(ccc7ccccc76)o5)c34)c3ccccc3-c3ccccc3)cc2)cc1. The summed E-state index contributed by atoms with van der Waals surface area (Å²) in [7, 11) is 0. The van der Waals surface area contributed by atoms with Gasteiger partial charge in [-0.15, -0.1) is 0 Å². The fraction of sp³-hybridized carbons (Fsp3) is 0. The smallest absolute Gasteiger partial charge is 0.228 e. The van der Waals surface area contributed by atoms with E-state index in [0.29, 0.717) is 5.89 Å². The molecule has 0 aliphatic carbocycles. The third kappa shape index (κ3) is 4.96. The monoisotopic (exact) mass is 654 g/mol. The van der Waals surface area contributed by atoms with Crippen LogP contribution in [-0.2, 0) is 0 Å². The number of aromatic nitrogens is 1. The van der Waals surface area contributed by atoms with Crippen LogP contribution in [0.2, 0.25) is 0 Å². The second kappa shape index (κ2) is 11.9. The summed E-state index contributed by atoms with van der Waals surface area (Å²) in [5, 5.41) is 4.20. The summed E-state index contributed by atoms with van der Waals surface area (Å²) in [6.07, 6.45) is 0. The van der Waals surface area contributed by atoms with E-state index in [-0.39, 0.29) is 0 Å². The Morgan fingerprint density at radius 1 is 0.412 bits per heavy atom. The van der Waals surface area contributed by atoms with Gasteiger partial charge in [-0.1, -0.05) is 127 Å². The maximum Gasteiger partial charge on any atom is 0.228 e. The normalized spacial score (nSPS) is 11.5. The second-order valence-corrected chi connectivity index (χ2v) is 12.7. The van der Waals surface area contributed by atoms with Crippen LogP contribution < -0.4 is 4.90 Å². The molecule has 0 radical (unpaired) electrons. The molecule has 240 valence electrons. The quantitative estimate of drug-likeness (QED) is 0.179. The van der Waals surface area contributed by atoms with Gasteiger partial charge in [0.2, 0.25) is 5.89 Å². The second-order valence-electron chi connectivity index (χ2n) is 12.7. The lowest BCUT2D eigenvalue weighted by Gasteiger charge is -2.28. The molecule has 4 nitrogen and oxygen atoms in total. The van der Waals surface area contributed by atoms with Crippen molar-refractivity contribution in [3.63, 3.8) is 0 Å². The van der Waals surface area contributed by atoms with Crippen molar-refractivity contribution in [2.75, 3.05) is 4.90 Å². The lowest BCUT2D eigenvalue weighted by atomic mass is 10.0. The van der Waals surface area contributed by atoms with E-state index in [0.717, 1.165) is 77.6 Å². The number of nitrogens with zero attached hydrogens (tertiary/aromatic N) is 2. The number of benzene rings is 8. The molecule has 0 unspecified atom stereocenters. The molecular formula is C47H30N2O2. The minimum atomic E-state index is 0.579. The Hall–Kier alpha value is -6.91. The average molecular weight is 655 g/mol. The Kier molecular flexibility index (Phi) is 6.78. The zero-order valence-corrected chi connectivity index (χ0v) is 27.5. The fourth-order valence-electron chi connectivity index (χ4n) is 7.30. The number of fused-ring (bicyclic) bond motifs is 6. The first-order chi connectivity index (χ1) is 25.3. The van der Waals surface area contributed by atoms with E-state index in [1.54, 1.807) is 0 Å². The van der Waals surface area contributed by atoms with E-state index >= 15 is 0 Å². The minimum absolute atomic E-state index is 0.579. The van der Waals surface area contributed by atoms with Crippen LogP contribution in [0.1, 0.15) is 0 Å². The standard InChI is InChI=1S/C47H30N2O2/c1-3-12-31(13-4-1)32-22-25-35(26-23-32)49(41-20-10-9-17-37(41)33-14-5-2-6-15-33)36-27-28-39-44(30-36)50-42-21-11-19-40(45(39)42)47-48-46-38-18-8-7-16-34(38)24-29-43(46)51-47/h1-30H. The van der Waals surface area contributed by atoms with Crippen molar-refractivity contribution in [1.29, 1.82) is 0 Å². The van der Waals surface area contributed by atoms with Gasteiger partial charge in [0, 0.05) is 44.7 Å². The largest absolute Gasteiger partial charge is 0.456 e. The third-order valence-electron chi connectivity index (χ3n) is 9.72. The predicted octanol–water partition coefficient (Wildman–Crippen LogP) is 13.4. The summed E-state index contributed by atoms with van der Waals surface area (Å²) in [4.78, 5) is 7.34. The molecule has 0 amide bonds. The Morgan fingerprint density at radius 2 is 1.10 bits per heavy atom. The summed E-state index contributed by atoms with van der Waals surface area (Å²) in [6.45, 7) is 0. The molecule has 4 heteroatoms. The molecule has 8 aromatic carbocycles. The lowest BCUT2D eigenvalue weighted by Crippen LogP contribution is -2.11. The summed E-state index contributed by atoms with van der Waals surface area (Å²) >= 11 is 0. The number of para-hydroxylation sites is 1. The zero-order valence-electron chi connectivity index (χ0n) is 27.5. The van der Waals surface area contributed by atoms with Gasteiger partial charge in [0.15, 0.2) is 5.58 Å². The van der Waals surface area contributed by atoms with Gasteiger partial charge in [-0.05, 0) is 70.6 Å². The summed E-state index contributed by atoms with van der Waals surface area (Å²) < 4.78 is 13.0. The van der Waals surface area contributed by atoms with Crippen molar-refractivity contribution < 1.29 is 8.83 Å². The Bertz CT molecular complexity index is 2850. The highest BCUT2D eigenvalue weighted by atomic mass is 16.3. The number of oxazole rings is 1. The molecule has 0 aliphatic heterocycles. The van der Waals surface area contributed by atoms with Crippen LogP contribution in [0.3, 0.4) is 0 Å². The molecule has 0 saturated heterocycles. The van der Waals surface area contributed by atoms with Gasteiger partial charge < -0.3 is 13.7 Å². The number of rotatable bonds is 6. The zero-order chi connectivity index (χ0) is 33.7. The average Bonchev–Trinajstić information content (AvgIpc) is 3.81. The van der Waals surface area contributed by atoms with E-state index in [4.69, 9.17) is 13.8 Å². The van der Waals surface area contributed by atoms with Gasteiger partial charge in [-0.25, -0.2) is 4.98 Å². The summed E-state index contributed by atoms with van der Waals surface area (Å²) in [6, 6.07) is 63.3. The van der Waals surface area contributed by atoms with E-state index in [9.17, 15) is 0 Å². The molecule has 0 spiro atoms. The van der Waals surface area contributed by atoms with Crippen LogP contribution in [0.25, 0.3) is 77.5 Å².